The standard InChI is InChI=1S/C23H29NO4/c1-12(2)16-8-10-17(11-9-16)23(27)18-15(5)19(24-21(25)26)13(3)14(4)20(18)28-22(23,6)7/h8-12,24,27H,1-7H3,(H,25,26). The molecular formula is C23H29NO4. The lowest BCUT2D eigenvalue weighted by Crippen LogP contribution is -2.47. The predicted octanol–water partition coefficient (Wildman–Crippen LogP) is 5.23. The number of carbonyl (C=O) groups is 1. The van der Waals surface area contributed by atoms with Gasteiger partial charge in [-0.05, 0) is 68.4 Å². The van der Waals surface area contributed by atoms with Crippen molar-refractivity contribution >= 4 is 11.8 Å². The lowest BCUT2D eigenvalue weighted by molar-refractivity contribution is -0.0645. The Labute approximate surface area is 166 Å². The smallest absolute Gasteiger partial charge is 0.409 e. The minimum Gasteiger partial charge on any atom is -0.483 e. The highest BCUT2D eigenvalue weighted by Gasteiger charge is 2.56. The van der Waals surface area contributed by atoms with Crippen LogP contribution in [0.5, 0.6) is 5.75 Å². The van der Waals surface area contributed by atoms with Gasteiger partial charge in [0.1, 0.15) is 11.4 Å². The number of amides is 1. The maximum atomic E-state index is 12.0. The zero-order valence-corrected chi connectivity index (χ0v) is 17.6. The molecule has 5 nitrogen and oxygen atoms in total. The molecule has 0 aromatic heterocycles. The largest absolute Gasteiger partial charge is 0.483 e. The maximum absolute atomic E-state index is 12.0. The molecule has 2 aromatic rings. The van der Waals surface area contributed by atoms with Crippen LogP contribution in [0.3, 0.4) is 0 Å². The Hall–Kier alpha value is -2.53. The average Bonchev–Trinajstić information content (AvgIpc) is 2.84. The van der Waals surface area contributed by atoms with Crippen LogP contribution >= 0.6 is 0 Å². The quantitative estimate of drug-likeness (QED) is 0.678. The van der Waals surface area contributed by atoms with Gasteiger partial charge in [-0.1, -0.05) is 38.1 Å². The summed E-state index contributed by atoms with van der Waals surface area (Å²) in [4.78, 5) is 11.3. The summed E-state index contributed by atoms with van der Waals surface area (Å²) in [6.45, 7) is 13.6. The van der Waals surface area contributed by atoms with E-state index in [0.717, 1.165) is 16.7 Å². The molecule has 1 heterocycles. The number of hydrogen-bond acceptors (Lipinski definition) is 3. The number of anilines is 1. The van der Waals surface area contributed by atoms with E-state index in [4.69, 9.17) is 4.74 Å². The Morgan fingerprint density at radius 1 is 1.04 bits per heavy atom. The molecule has 2 aromatic carbocycles. The first-order valence-electron chi connectivity index (χ1n) is 9.57. The van der Waals surface area contributed by atoms with Crippen LogP contribution < -0.4 is 10.1 Å². The second kappa shape index (κ2) is 6.52. The minimum atomic E-state index is -1.41. The Kier molecular flexibility index (Phi) is 4.71. The number of ether oxygens (including phenoxy) is 1. The molecule has 1 aliphatic rings. The highest BCUT2D eigenvalue weighted by molar-refractivity contribution is 5.87. The number of nitrogens with one attached hydrogen (secondary N) is 1. The van der Waals surface area contributed by atoms with E-state index in [9.17, 15) is 15.0 Å². The minimum absolute atomic E-state index is 0.391. The van der Waals surface area contributed by atoms with Crippen LogP contribution in [0.4, 0.5) is 10.5 Å². The van der Waals surface area contributed by atoms with Gasteiger partial charge in [-0.25, -0.2) is 4.79 Å². The fourth-order valence-electron chi connectivity index (χ4n) is 4.21. The van der Waals surface area contributed by atoms with Crippen LogP contribution in [0, 0.1) is 20.8 Å². The fraction of sp³-hybridized carbons (Fsp3) is 0.435. The summed E-state index contributed by atoms with van der Waals surface area (Å²) in [5, 5.41) is 23.8. The highest BCUT2D eigenvalue weighted by Crippen LogP contribution is 2.56. The maximum Gasteiger partial charge on any atom is 0.409 e. The van der Waals surface area contributed by atoms with Gasteiger partial charge in [0.25, 0.3) is 0 Å². The van der Waals surface area contributed by atoms with E-state index < -0.39 is 17.3 Å². The van der Waals surface area contributed by atoms with Crippen LogP contribution in [-0.4, -0.2) is 21.9 Å². The molecule has 0 spiro atoms. The van der Waals surface area contributed by atoms with E-state index in [1.807, 2.05) is 58.9 Å². The topological polar surface area (TPSA) is 78.8 Å². The van der Waals surface area contributed by atoms with Gasteiger partial charge < -0.3 is 14.9 Å². The van der Waals surface area contributed by atoms with E-state index in [2.05, 4.69) is 19.2 Å². The van der Waals surface area contributed by atoms with Gasteiger partial charge in [0.15, 0.2) is 5.60 Å². The summed E-state index contributed by atoms with van der Waals surface area (Å²) in [6, 6.07) is 7.93. The van der Waals surface area contributed by atoms with Gasteiger partial charge in [-0.2, -0.15) is 0 Å². The fourth-order valence-corrected chi connectivity index (χ4v) is 4.21. The van der Waals surface area contributed by atoms with Gasteiger partial charge in [0.2, 0.25) is 0 Å². The van der Waals surface area contributed by atoms with Crippen LogP contribution in [-0.2, 0) is 5.60 Å². The van der Waals surface area contributed by atoms with Crippen molar-refractivity contribution in [3.8, 4) is 5.75 Å². The van der Waals surface area contributed by atoms with Crippen molar-refractivity contribution in [1.29, 1.82) is 0 Å². The molecule has 0 aliphatic carbocycles. The zero-order chi connectivity index (χ0) is 21.0. The molecule has 0 radical (unpaired) electrons. The van der Waals surface area contributed by atoms with Crippen molar-refractivity contribution in [2.75, 3.05) is 5.32 Å². The van der Waals surface area contributed by atoms with E-state index in [0.29, 0.717) is 28.5 Å². The number of fused-ring (bicyclic) bond motifs is 1. The molecule has 3 N–H and O–H groups in total. The molecule has 0 saturated carbocycles. The number of carboxylic acid groups (broad SMARTS) is 1. The zero-order valence-electron chi connectivity index (χ0n) is 17.6. The number of rotatable bonds is 3. The SMILES string of the molecule is Cc1c(C)c2c(c(C)c1NC(=O)O)C(O)(c1ccc(C(C)C)cc1)C(C)(C)O2. The Balaban J connectivity index is 2.30. The second-order valence-corrected chi connectivity index (χ2v) is 8.48. The molecule has 150 valence electrons. The molecule has 0 saturated heterocycles. The van der Waals surface area contributed by atoms with E-state index in [1.54, 1.807) is 0 Å². The van der Waals surface area contributed by atoms with Crippen LogP contribution in [0.2, 0.25) is 0 Å². The molecule has 0 fully saturated rings. The van der Waals surface area contributed by atoms with Crippen molar-refractivity contribution in [2.45, 2.75) is 65.6 Å². The van der Waals surface area contributed by atoms with Crippen molar-refractivity contribution in [1.82, 2.24) is 0 Å². The first-order valence-corrected chi connectivity index (χ1v) is 9.57. The third-order valence-electron chi connectivity index (χ3n) is 6.07. The molecule has 1 atom stereocenters. The number of benzene rings is 2. The molecule has 1 aliphatic heterocycles. The summed E-state index contributed by atoms with van der Waals surface area (Å²) in [7, 11) is 0. The third kappa shape index (κ3) is 2.76. The van der Waals surface area contributed by atoms with E-state index >= 15 is 0 Å². The van der Waals surface area contributed by atoms with Gasteiger partial charge in [-0.3, -0.25) is 5.32 Å². The molecule has 1 unspecified atom stereocenters. The average molecular weight is 383 g/mol. The van der Waals surface area contributed by atoms with Crippen molar-refractivity contribution < 1.29 is 19.7 Å². The van der Waals surface area contributed by atoms with Gasteiger partial charge in [0.05, 0.1) is 5.69 Å². The molecule has 1 amide bonds. The molecule has 0 bridgehead atoms. The van der Waals surface area contributed by atoms with Crippen molar-refractivity contribution in [3.63, 3.8) is 0 Å². The summed E-state index contributed by atoms with van der Waals surface area (Å²) < 4.78 is 6.27. The van der Waals surface area contributed by atoms with Crippen LogP contribution in [0.15, 0.2) is 24.3 Å². The normalized spacial score (nSPS) is 20.0. The first-order chi connectivity index (χ1) is 12.9. The predicted molar refractivity (Wildman–Crippen MR) is 111 cm³/mol. The van der Waals surface area contributed by atoms with Crippen molar-refractivity contribution in [3.05, 3.63) is 57.6 Å². The lowest BCUT2D eigenvalue weighted by Gasteiger charge is -2.36. The summed E-state index contributed by atoms with van der Waals surface area (Å²) >= 11 is 0. The van der Waals surface area contributed by atoms with Crippen LogP contribution in [0.1, 0.15) is 67.0 Å². The van der Waals surface area contributed by atoms with Crippen LogP contribution in [0.25, 0.3) is 0 Å². The number of hydrogen-bond donors (Lipinski definition) is 3. The monoisotopic (exact) mass is 383 g/mol. The summed E-state index contributed by atoms with van der Waals surface area (Å²) in [5.74, 6) is 1.02. The Morgan fingerprint density at radius 3 is 2.11 bits per heavy atom. The van der Waals surface area contributed by atoms with E-state index in [1.165, 1.54) is 5.56 Å². The summed E-state index contributed by atoms with van der Waals surface area (Å²) in [5.41, 5.74) is 3.03. The first kappa shape index (κ1) is 20.2. The van der Waals surface area contributed by atoms with E-state index in [-0.39, 0.29) is 0 Å². The molecule has 3 rings (SSSR count). The molecule has 28 heavy (non-hydrogen) atoms. The summed E-state index contributed by atoms with van der Waals surface area (Å²) in [6.07, 6.45) is -1.13. The Bertz CT molecular complexity index is 944. The van der Waals surface area contributed by atoms with Gasteiger partial charge >= 0.3 is 6.09 Å². The number of aliphatic hydroxyl groups is 1. The second-order valence-electron chi connectivity index (χ2n) is 8.48. The third-order valence-corrected chi connectivity index (χ3v) is 6.07. The Morgan fingerprint density at radius 2 is 1.61 bits per heavy atom. The van der Waals surface area contributed by atoms with Gasteiger partial charge in [-0.15, -0.1) is 0 Å². The highest BCUT2D eigenvalue weighted by atomic mass is 16.5. The van der Waals surface area contributed by atoms with Gasteiger partial charge in [0, 0.05) is 5.56 Å². The lowest BCUT2D eigenvalue weighted by atomic mass is 9.74. The molecule has 5 heteroatoms. The van der Waals surface area contributed by atoms with Crippen molar-refractivity contribution in [2.24, 2.45) is 0 Å². The molecular weight excluding hydrogens is 354 g/mol.